The van der Waals surface area contributed by atoms with Crippen LogP contribution < -0.4 is 10.2 Å². The maximum Gasteiger partial charge on any atom is 0.258 e. The van der Waals surface area contributed by atoms with E-state index in [2.05, 4.69) is 5.32 Å². The third kappa shape index (κ3) is 3.23. The smallest absolute Gasteiger partial charge is 0.258 e. The number of carbonyl (C=O) groups excluding carboxylic acids is 2. The fourth-order valence-electron chi connectivity index (χ4n) is 2.83. The highest BCUT2D eigenvalue weighted by molar-refractivity contribution is 6.07. The lowest BCUT2D eigenvalue weighted by molar-refractivity contribution is -0.114. The number of hydrogen-bond acceptors (Lipinski definition) is 2. The first-order valence-electron chi connectivity index (χ1n) is 7.52. The van der Waals surface area contributed by atoms with E-state index in [1.165, 1.54) is 19.1 Å². The van der Waals surface area contributed by atoms with Crippen LogP contribution in [0.5, 0.6) is 0 Å². The molecule has 4 nitrogen and oxygen atoms in total. The van der Waals surface area contributed by atoms with Gasteiger partial charge in [0, 0.05) is 30.4 Å². The molecule has 1 N–H and O–H groups in total. The highest BCUT2D eigenvalue weighted by Crippen LogP contribution is 2.29. The first-order chi connectivity index (χ1) is 11.0. The van der Waals surface area contributed by atoms with Gasteiger partial charge in [-0.1, -0.05) is 0 Å². The van der Waals surface area contributed by atoms with Gasteiger partial charge in [0.15, 0.2) is 0 Å². The molecule has 0 atom stereocenters. The largest absolute Gasteiger partial charge is 0.326 e. The molecule has 0 bridgehead atoms. The van der Waals surface area contributed by atoms with E-state index in [9.17, 15) is 14.0 Å². The van der Waals surface area contributed by atoms with Gasteiger partial charge in [-0.15, -0.1) is 0 Å². The summed E-state index contributed by atoms with van der Waals surface area (Å²) in [5, 5.41) is 2.67. The number of rotatable bonds is 2. The Labute approximate surface area is 133 Å². The standard InChI is InChI=1S/C18H17FN2O2/c1-12(22)20-16-7-4-13(5-8-16)18(23)21-10-2-3-14-11-15(19)6-9-17(14)21/h4-9,11H,2-3,10H2,1H3,(H,20,22). The van der Waals surface area contributed by atoms with Gasteiger partial charge in [-0.3, -0.25) is 9.59 Å². The Bertz CT molecular complexity index is 756. The van der Waals surface area contributed by atoms with Crippen molar-refractivity contribution in [1.29, 1.82) is 0 Å². The number of halogens is 1. The van der Waals surface area contributed by atoms with Gasteiger partial charge >= 0.3 is 0 Å². The molecule has 0 aromatic heterocycles. The number of fused-ring (bicyclic) bond motifs is 1. The monoisotopic (exact) mass is 312 g/mol. The van der Waals surface area contributed by atoms with E-state index in [0.29, 0.717) is 17.8 Å². The van der Waals surface area contributed by atoms with Crippen molar-refractivity contribution in [2.75, 3.05) is 16.8 Å². The van der Waals surface area contributed by atoms with Crippen LogP contribution in [0.2, 0.25) is 0 Å². The Hall–Kier alpha value is -2.69. The van der Waals surface area contributed by atoms with Gasteiger partial charge in [-0.2, -0.15) is 0 Å². The van der Waals surface area contributed by atoms with Gasteiger partial charge in [0.1, 0.15) is 5.82 Å². The predicted molar refractivity (Wildman–Crippen MR) is 87.1 cm³/mol. The molecule has 5 heteroatoms. The van der Waals surface area contributed by atoms with E-state index >= 15 is 0 Å². The van der Waals surface area contributed by atoms with Crippen molar-refractivity contribution in [3.8, 4) is 0 Å². The Morgan fingerprint density at radius 3 is 2.57 bits per heavy atom. The van der Waals surface area contributed by atoms with Gasteiger partial charge < -0.3 is 10.2 Å². The number of carbonyl (C=O) groups is 2. The van der Waals surface area contributed by atoms with E-state index in [4.69, 9.17) is 0 Å². The van der Waals surface area contributed by atoms with Crippen molar-refractivity contribution < 1.29 is 14.0 Å². The third-order valence-electron chi connectivity index (χ3n) is 3.86. The van der Waals surface area contributed by atoms with Crippen molar-refractivity contribution in [3.05, 3.63) is 59.4 Å². The fourth-order valence-corrected chi connectivity index (χ4v) is 2.83. The summed E-state index contributed by atoms with van der Waals surface area (Å²) in [7, 11) is 0. The molecule has 3 rings (SSSR count). The van der Waals surface area contributed by atoms with Gasteiger partial charge in [-0.05, 0) is 60.9 Å². The summed E-state index contributed by atoms with van der Waals surface area (Å²) < 4.78 is 13.4. The summed E-state index contributed by atoms with van der Waals surface area (Å²) in [5.41, 5.74) is 2.82. The Morgan fingerprint density at radius 2 is 1.87 bits per heavy atom. The molecule has 2 aromatic rings. The molecule has 0 fully saturated rings. The number of hydrogen-bond donors (Lipinski definition) is 1. The van der Waals surface area contributed by atoms with Gasteiger partial charge in [0.05, 0.1) is 0 Å². The van der Waals surface area contributed by atoms with Crippen LogP contribution in [0, 0.1) is 5.82 Å². The van der Waals surface area contributed by atoms with Crippen LogP contribution in [-0.4, -0.2) is 18.4 Å². The van der Waals surface area contributed by atoms with Crippen molar-refractivity contribution in [2.45, 2.75) is 19.8 Å². The second-order valence-corrected chi connectivity index (χ2v) is 5.59. The van der Waals surface area contributed by atoms with Crippen LogP contribution in [0.25, 0.3) is 0 Å². The zero-order chi connectivity index (χ0) is 16.4. The van der Waals surface area contributed by atoms with Crippen molar-refractivity contribution in [2.24, 2.45) is 0 Å². The van der Waals surface area contributed by atoms with Crippen LogP contribution in [0.15, 0.2) is 42.5 Å². The second kappa shape index (κ2) is 6.20. The summed E-state index contributed by atoms with van der Waals surface area (Å²) in [6.07, 6.45) is 1.59. The van der Waals surface area contributed by atoms with Crippen LogP contribution in [0.3, 0.4) is 0 Å². The SMILES string of the molecule is CC(=O)Nc1ccc(C(=O)N2CCCc3cc(F)ccc32)cc1. The molecule has 118 valence electrons. The van der Waals surface area contributed by atoms with Crippen molar-refractivity contribution in [1.82, 2.24) is 0 Å². The first kappa shape index (κ1) is 15.2. The number of amides is 2. The minimum Gasteiger partial charge on any atom is -0.326 e. The van der Waals surface area contributed by atoms with Crippen LogP contribution in [0.4, 0.5) is 15.8 Å². The molecule has 1 aliphatic rings. The molecule has 0 saturated heterocycles. The molecule has 0 spiro atoms. The van der Waals surface area contributed by atoms with E-state index in [1.807, 2.05) is 0 Å². The highest BCUT2D eigenvalue weighted by atomic mass is 19.1. The van der Waals surface area contributed by atoms with E-state index in [0.717, 1.165) is 24.1 Å². The van der Waals surface area contributed by atoms with E-state index < -0.39 is 0 Å². The molecule has 2 aromatic carbocycles. The van der Waals surface area contributed by atoms with Gasteiger partial charge in [0.25, 0.3) is 5.91 Å². The topological polar surface area (TPSA) is 49.4 Å². The fraction of sp³-hybridized carbons (Fsp3) is 0.222. The predicted octanol–water partition coefficient (Wildman–Crippen LogP) is 3.38. The summed E-state index contributed by atoms with van der Waals surface area (Å²) in [6, 6.07) is 11.3. The highest BCUT2D eigenvalue weighted by Gasteiger charge is 2.23. The van der Waals surface area contributed by atoms with E-state index in [-0.39, 0.29) is 17.6 Å². The zero-order valence-electron chi connectivity index (χ0n) is 12.8. The number of nitrogens with one attached hydrogen (secondary N) is 1. The normalized spacial score (nSPS) is 13.4. The summed E-state index contributed by atoms with van der Waals surface area (Å²) in [6.45, 7) is 2.05. The first-order valence-corrected chi connectivity index (χ1v) is 7.52. The lowest BCUT2D eigenvalue weighted by Gasteiger charge is -2.29. The van der Waals surface area contributed by atoms with Gasteiger partial charge in [-0.25, -0.2) is 4.39 Å². The number of nitrogens with zero attached hydrogens (tertiary/aromatic N) is 1. The summed E-state index contributed by atoms with van der Waals surface area (Å²) in [4.78, 5) is 25.4. The summed E-state index contributed by atoms with van der Waals surface area (Å²) >= 11 is 0. The molecule has 0 radical (unpaired) electrons. The van der Waals surface area contributed by atoms with Crippen LogP contribution >= 0.6 is 0 Å². The average Bonchev–Trinajstić information content (AvgIpc) is 2.53. The zero-order valence-corrected chi connectivity index (χ0v) is 12.8. The lowest BCUT2D eigenvalue weighted by Crippen LogP contribution is -2.35. The molecule has 2 amide bonds. The number of aryl methyl sites for hydroxylation is 1. The molecular weight excluding hydrogens is 295 g/mol. The maximum atomic E-state index is 13.4. The lowest BCUT2D eigenvalue weighted by atomic mass is 10.0. The van der Waals surface area contributed by atoms with Crippen molar-refractivity contribution >= 4 is 23.2 Å². The minimum absolute atomic E-state index is 0.119. The van der Waals surface area contributed by atoms with Gasteiger partial charge in [0.2, 0.25) is 5.91 Å². The minimum atomic E-state index is -0.280. The van der Waals surface area contributed by atoms with E-state index in [1.54, 1.807) is 35.2 Å². The van der Waals surface area contributed by atoms with Crippen LogP contribution in [-0.2, 0) is 11.2 Å². The Balaban J connectivity index is 1.85. The average molecular weight is 312 g/mol. The summed E-state index contributed by atoms with van der Waals surface area (Å²) in [5.74, 6) is -0.555. The van der Waals surface area contributed by atoms with Crippen molar-refractivity contribution in [3.63, 3.8) is 0 Å². The molecule has 0 unspecified atom stereocenters. The second-order valence-electron chi connectivity index (χ2n) is 5.59. The molecule has 1 aliphatic heterocycles. The quantitative estimate of drug-likeness (QED) is 0.924. The maximum absolute atomic E-state index is 13.4. The molecule has 1 heterocycles. The Kier molecular flexibility index (Phi) is 4.10. The molecule has 23 heavy (non-hydrogen) atoms. The Morgan fingerprint density at radius 1 is 1.13 bits per heavy atom. The van der Waals surface area contributed by atoms with Crippen LogP contribution in [0.1, 0.15) is 29.3 Å². The molecule has 0 aliphatic carbocycles. The molecule has 0 saturated carbocycles. The number of anilines is 2. The third-order valence-corrected chi connectivity index (χ3v) is 3.86. The number of benzene rings is 2. The molecular formula is C18H17FN2O2.